The second-order valence-electron chi connectivity index (χ2n) is 5.25. The van der Waals surface area contributed by atoms with E-state index in [1.165, 1.54) is 19.3 Å². The summed E-state index contributed by atoms with van der Waals surface area (Å²) in [7, 11) is 0. The summed E-state index contributed by atoms with van der Waals surface area (Å²) >= 11 is 1.88. The number of thioether (sulfide) groups is 1. The van der Waals surface area contributed by atoms with Crippen molar-refractivity contribution in [3.8, 4) is 0 Å². The van der Waals surface area contributed by atoms with E-state index in [9.17, 15) is 4.79 Å². The van der Waals surface area contributed by atoms with E-state index in [4.69, 9.17) is 0 Å². The largest absolute Gasteiger partial charge is 0.385 e. The third-order valence-electron chi connectivity index (χ3n) is 3.85. The van der Waals surface area contributed by atoms with E-state index < -0.39 is 0 Å². The molecule has 1 aliphatic rings. The molecule has 1 saturated carbocycles. The van der Waals surface area contributed by atoms with Crippen molar-refractivity contribution in [3.05, 3.63) is 29.8 Å². The molecule has 4 heteroatoms. The normalized spacial score (nSPS) is 22.3. The highest BCUT2D eigenvalue weighted by Gasteiger charge is 2.25. The lowest BCUT2D eigenvalue weighted by molar-refractivity contribution is 0.0929. The van der Waals surface area contributed by atoms with E-state index in [2.05, 4.69) is 23.8 Å². The third-order valence-corrected chi connectivity index (χ3v) is 5.02. The van der Waals surface area contributed by atoms with Gasteiger partial charge in [0.15, 0.2) is 0 Å². The summed E-state index contributed by atoms with van der Waals surface area (Å²) in [4.78, 5) is 12.3. The molecule has 0 aromatic heterocycles. The zero-order chi connectivity index (χ0) is 14.4. The Morgan fingerprint density at radius 3 is 2.60 bits per heavy atom. The van der Waals surface area contributed by atoms with Gasteiger partial charge in [-0.25, -0.2) is 0 Å². The lowest BCUT2D eigenvalue weighted by atomic mass is 9.94. The molecule has 2 atom stereocenters. The van der Waals surface area contributed by atoms with Gasteiger partial charge in [-0.15, -0.1) is 0 Å². The van der Waals surface area contributed by atoms with E-state index in [-0.39, 0.29) is 5.91 Å². The van der Waals surface area contributed by atoms with Gasteiger partial charge >= 0.3 is 0 Å². The molecular formula is C16H24N2OS. The molecule has 1 aromatic rings. The number of rotatable bonds is 5. The average Bonchev–Trinajstić information content (AvgIpc) is 2.49. The zero-order valence-corrected chi connectivity index (χ0v) is 13.1. The Morgan fingerprint density at radius 2 is 1.95 bits per heavy atom. The summed E-state index contributed by atoms with van der Waals surface area (Å²) in [5.74, 6) is 0.0546. The van der Waals surface area contributed by atoms with Gasteiger partial charge in [0.1, 0.15) is 0 Å². The summed E-state index contributed by atoms with van der Waals surface area (Å²) in [5.41, 5.74) is 1.81. The second kappa shape index (κ2) is 7.58. The van der Waals surface area contributed by atoms with Crippen molar-refractivity contribution in [1.29, 1.82) is 0 Å². The van der Waals surface area contributed by atoms with Crippen molar-refractivity contribution in [2.75, 3.05) is 18.1 Å². The van der Waals surface area contributed by atoms with Crippen LogP contribution in [0.5, 0.6) is 0 Å². The number of anilines is 1. The van der Waals surface area contributed by atoms with Crippen LogP contribution in [0.15, 0.2) is 24.3 Å². The van der Waals surface area contributed by atoms with Crippen molar-refractivity contribution < 1.29 is 4.79 Å². The molecule has 3 nitrogen and oxygen atoms in total. The molecule has 20 heavy (non-hydrogen) atoms. The highest BCUT2D eigenvalue weighted by Crippen LogP contribution is 2.27. The summed E-state index contributed by atoms with van der Waals surface area (Å²) in [6.45, 7) is 2.95. The number of carbonyl (C=O) groups is 1. The maximum atomic E-state index is 12.3. The molecule has 2 unspecified atom stereocenters. The van der Waals surface area contributed by atoms with Crippen LogP contribution in [-0.4, -0.2) is 30.0 Å². The minimum absolute atomic E-state index is 0.0546. The molecule has 2 rings (SSSR count). The van der Waals surface area contributed by atoms with Crippen molar-refractivity contribution >= 4 is 23.4 Å². The molecule has 0 aliphatic heterocycles. The summed E-state index contributed by atoms with van der Waals surface area (Å²) in [5, 5.41) is 7.01. The van der Waals surface area contributed by atoms with E-state index in [1.54, 1.807) is 0 Å². The Labute approximate surface area is 125 Å². The minimum atomic E-state index is 0.0546. The first kappa shape index (κ1) is 15.2. The van der Waals surface area contributed by atoms with Gasteiger partial charge in [0.05, 0.1) is 0 Å². The fourth-order valence-electron chi connectivity index (χ4n) is 2.74. The molecule has 0 radical (unpaired) electrons. The molecule has 1 fully saturated rings. The number of hydrogen-bond donors (Lipinski definition) is 2. The number of nitrogens with one attached hydrogen (secondary N) is 2. The van der Waals surface area contributed by atoms with Crippen LogP contribution in [0, 0.1) is 0 Å². The minimum Gasteiger partial charge on any atom is -0.385 e. The van der Waals surface area contributed by atoms with Gasteiger partial charge in [-0.2, -0.15) is 11.8 Å². The van der Waals surface area contributed by atoms with Crippen LogP contribution in [0.4, 0.5) is 5.69 Å². The second-order valence-corrected chi connectivity index (χ2v) is 6.32. The molecular weight excluding hydrogens is 268 g/mol. The fraction of sp³-hybridized carbons (Fsp3) is 0.562. The van der Waals surface area contributed by atoms with Gasteiger partial charge in [0, 0.05) is 29.1 Å². The number of hydrogen-bond acceptors (Lipinski definition) is 3. The van der Waals surface area contributed by atoms with Crippen LogP contribution in [0.1, 0.15) is 43.0 Å². The fourth-order valence-corrected chi connectivity index (χ4v) is 3.67. The highest BCUT2D eigenvalue weighted by molar-refractivity contribution is 7.99. The van der Waals surface area contributed by atoms with Crippen molar-refractivity contribution in [1.82, 2.24) is 5.32 Å². The molecule has 2 N–H and O–H groups in total. The van der Waals surface area contributed by atoms with Gasteiger partial charge in [0.2, 0.25) is 0 Å². The van der Waals surface area contributed by atoms with E-state index in [1.807, 2.05) is 36.0 Å². The first-order valence-corrected chi connectivity index (χ1v) is 8.71. The lowest BCUT2D eigenvalue weighted by Gasteiger charge is -2.30. The Morgan fingerprint density at radius 1 is 1.25 bits per heavy atom. The molecule has 0 bridgehead atoms. The Bertz CT molecular complexity index is 433. The molecule has 0 spiro atoms. The number of benzene rings is 1. The molecule has 1 amide bonds. The lowest BCUT2D eigenvalue weighted by Crippen LogP contribution is -2.43. The van der Waals surface area contributed by atoms with Gasteiger partial charge in [0.25, 0.3) is 5.91 Å². The maximum absolute atomic E-state index is 12.3. The first-order valence-electron chi connectivity index (χ1n) is 7.42. The number of amides is 1. The van der Waals surface area contributed by atoms with E-state index in [0.29, 0.717) is 11.3 Å². The van der Waals surface area contributed by atoms with Crippen LogP contribution < -0.4 is 10.6 Å². The average molecular weight is 292 g/mol. The van der Waals surface area contributed by atoms with Crippen molar-refractivity contribution in [3.63, 3.8) is 0 Å². The predicted octanol–water partition coefficient (Wildman–Crippen LogP) is 3.52. The van der Waals surface area contributed by atoms with Crippen LogP contribution in [-0.2, 0) is 0 Å². The van der Waals surface area contributed by atoms with Crippen molar-refractivity contribution in [2.45, 2.75) is 43.9 Å². The van der Waals surface area contributed by atoms with Gasteiger partial charge < -0.3 is 10.6 Å². The molecule has 1 aliphatic carbocycles. The first-order chi connectivity index (χ1) is 9.74. The quantitative estimate of drug-likeness (QED) is 0.872. The van der Waals surface area contributed by atoms with Gasteiger partial charge in [-0.05, 0) is 50.3 Å². The molecule has 0 saturated heterocycles. The predicted molar refractivity (Wildman–Crippen MR) is 87.6 cm³/mol. The smallest absolute Gasteiger partial charge is 0.251 e. The zero-order valence-electron chi connectivity index (χ0n) is 12.3. The topological polar surface area (TPSA) is 41.1 Å². The van der Waals surface area contributed by atoms with Crippen LogP contribution in [0.2, 0.25) is 0 Å². The Hall–Kier alpha value is -1.16. The monoisotopic (exact) mass is 292 g/mol. The maximum Gasteiger partial charge on any atom is 0.251 e. The molecule has 110 valence electrons. The molecule has 0 heterocycles. The third kappa shape index (κ3) is 3.92. The van der Waals surface area contributed by atoms with Crippen LogP contribution >= 0.6 is 11.8 Å². The van der Waals surface area contributed by atoms with Crippen LogP contribution in [0.3, 0.4) is 0 Å². The Kier molecular flexibility index (Phi) is 5.77. The number of carbonyl (C=O) groups excluding carboxylic acids is 1. The highest BCUT2D eigenvalue weighted by atomic mass is 32.2. The van der Waals surface area contributed by atoms with Gasteiger partial charge in [-0.1, -0.05) is 12.8 Å². The van der Waals surface area contributed by atoms with E-state index >= 15 is 0 Å². The molecule has 1 aromatic carbocycles. The standard InChI is InChI=1S/C16H24N2OS/c1-3-17-13-10-8-12(9-11-13)16(19)18-14-6-4-5-7-15(14)20-2/h8-11,14-15,17H,3-7H2,1-2H3,(H,18,19). The van der Waals surface area contributed by atoms with E-state index in [0.717, 1.165) is 24.2 Å². The SMILES string of the molecule is CCNc1ccc(C(=O)NC2CCCCC2SC)cc1. The summed E-state index contributed by atoms with van der Waals surface area (Å²) in [6, 6.07) is 8.03. The van der Waals surface area contributed by atoms with Crippen molar-refractivity contribution in [2.24, 2.45) is 0 Å². The summed E-state index contributed by atoms with van der Waals surface area (Å²) < 4.78 is 0. The Balaban J connectivity index is 1.96. The summed E-state index contributed by atoms with van der Waals surface area (Å²) in [6.07, 6.45) is 6.97. The van der Waals surface area contributed by atoms with Gasteiger partial charge in [-0.3, -0.25) is 4.79 Å². The van der Waals surface area contributed by atoms with Crippen LogP contribution in [0.25, 0.3) is 0 Å².